The predicted molar refractivity (Wildman–Crippen MR) is 58.8 cm³/mol. The highest BCUT2D eigenvalue weighted by Crippen LogP contribution is 2.25. The van der Waals surface area contributed by atoms with Crippen LogP contribution in [0.5, 0.6) is 0 Å². The second-order valence-corrected chi connectivity index (χ2v) is 4.63. The molecule has 0 aromatic heterocycles. The summed E-state index contributed by atoms with van der Waals surface area (Å²) in [5.74, 6) is 0. The monoisotopic (exact) mass is 251 g/mol. The molecule has 0 saturated carbocycles. The summed E-state index contributed by atoms with van der Waals surface area (Å²) in [6, 6.07) is 4.30. The SMILES string of the molecule is Cl.O=S(=O)(F)c1ccc2c(c1)CCCN2. The molecule has 0 spiro atoms. The fourth-order valence-electron chi connectivity index (χ4n) is 1.60. The molecule has 2 rings (SSSR count). The number of benzene rings is 1. The summed E-state index contributed by atoms with van der Waals surface area (Å²) in [7, 11) is -4.56. The van der Waals surface area contributed by atoms with Crippen molar-refractivity contribution >= 4 is 28.3 Å². The molecule has 0 unspecified atom stereocenters. The number of anilines is 1. The summed E-state index contributed by atoms with van der Waals surface area (Å²) in [6.07, 6.45) is 1.74. The van der Waals surface area contributed by atoms with E-state index >= 15 is 0 Å². The lowest BCUT2D eigenvalue weighted by molar-refractivity contribution is 0.552. The van der Waals surface area contributed by atoms with Crippen LogP contribution in [0.3, 0.4) is 0 Å². The molecule has 1 heterocycles. The number of aryl methyl sites for hydroxylation is 1. The Labute approximate surface area is 94.3 Å². The Hall–Kier alpha value is -0.810. The van der Waals surface area contributed by atoms with Crippen LogP contribution in [0.1, 0.15) is 12.0 Å². The highest BCUT2D eigenvalue weighted by Gasteiger charge is 2.15. The van der Waals surface area contributed by atoms with Crippen molar-refractivity contribution in [2.75, 3.05) is 11.9 Å². The Morgan fingerprint density at radius 3 is 2.73 bits per heavy atom. The normalized spacial score (nSPS) is 14.7. The van der Waals surface area contributed by atoms with Gasteiger partial charge in [0, 0.05) is 12.2 Å². The number of rotatable bonds is 1. The van der Waals surface area contributed by atoms with Crippen LogP contribution in [0.25, 0.3) is 0 Å². The first-order valence-corrected chi connectivity index (χ1v) is 5.77. The highest BCUT2D eigenvalue weighted by molar-refractivity contribution is 7.86. The van der Waals surface area contributed by atoms with Crippen LogP contribution in [-0.4, -0.2) is 15.0 Å². The van der Waals surface area contributed by atoms with Gasteiger partial charge in [-0.15, -0.1) is 16.3 Å². The van der Waals surface area contributed by atoms with Crippen LogP contribution < -0.4 is 5.32 Å². The van der Waals surface area contributed by atoms with Gasteiger partial charge in [0.1, 0.15) is 0 Å². The molecule has 1 aromatic carbocycles. The first-order valence-electron chi connectivity index (χ1n) is 4.39. The van der Waals surface area contributed by atoms with Gasteiger partial charge in [0.25, 0.3) is 0 Å². The highest BCUT2D eigenvalue weighted by atomic mass is 35.5. The Kier molecular flexibility index (Phi) is 3.57. The van der Waals surface area contributed by atoms with Gasteiger partial charge in [-0.05, 0) is 36.6 Å². The number of halogens is 2. The van der Waals surface area contributed by atoms with Gasteiger partial charge in [-0.25, -0.2) is 0 Å². The van der Waals surface area contributed by atoms with E-state index in [-0.39, 0.29) is 17.3 Å². The van der Waals surface area contributed by atoms with Crippen molar-refractivity contribution in [2.45, 2.75) is 17.7 Å². The van der Waals surface area contributed by atoms with Crippen molar-refractivity contribution in [3.63, 3.8) is 0 Å². The van der Waals surface area contributed by atoms with Gasteiger partial charge in [0.2, 0.25) is 0 Å². The topological polar surface area (TPSA) is 46.2 Å². The largest absolute Gasteiger partial charge is 0.385 e. The van der Waals surface area contributed by atoms with Gasteiger partial charge in [0.15, 0.2) is 0 Å². The molecular weight excluding hydrogens is 241 g/mol. The first-order chi connectivity index (χ1) is 6.57. The summed E-state index contributed by atoms with van der Waals surface area (Å²) in [5.41, 5.74) is 1.78. The predicted octanol–water partition coefficient (Wildman–Crippen LogP) is 2.12. The molecule has 1 aliphatic heterocycles. The Bertz CT molecular complexity index is 461. The number of fused-ring (bicyclic) bond motifs is 1. The molecular formula is C9H11ClFNO2S. The van der Waals surface area contributed by atoms with E-state index in [9.17, 15) is 12.3 Å². The minimum Gasteiger partial charge on any atom is -0.385 e. The lowest BCUT2D eigenvalue weighted by Gasteiger charge is -2.17. The lowest BCUT2D eigenvalue weighted by Crippen LogP contribution is -2.12. The van der Waals surface area contributed by atoms with Gasteiger partial charge in [-0.3, -0.25) is 0 Å². The van der Waals surface area contributed by atoms with Crippen molar-refractivity contribution in [2.24, 2.45) is 0 Å². The Morgan fingerprint density at radius 2 is 2.07 bits per heavy atom. The van der Waals surface area contributed by atoms with Crippen LogP contribution in [0, 0.1) is 0 Å². The van der Waals surface area contributed by atoms with Gasteiger partial charge < -0.3 is 5.32 Å². The molecule has 15 heavy (non-hydrogen) atoms. The Balaban J connectivity index is 0.00000112. The zero-order chi connectivity index (χ0) is 10.2. The third-order valence-electron chi connectivity index (χ3n) is 2.30. The average Bonchev–Trinajstić information content (AvgIpc) is 2.16. The smallest absolute Gasteiger partial charge is 0.332 e. The summed E-state index contributed by atoms with van der Waals surface area (Å²) in [5, 5.41) is 3.12. The van der Waals surface area contributed by atoms with Crippen LogP contribution in [0.15, 0.2) is 23.1 Å². The quantitative estimate of drug-likeness (QED) is 0.778. The average molecular weight is 252 g/mol. The van der Waals surface area contributed by atoms with Crippen molar-refractivity contribution < 1.29 is 12.3 Å². The molecule has 0 amide bonds. The standard InChI is InChI=1S/C9H10FNO2S.ClH/c10-14(12,13)8-3-4-9-7(6-8)2-1-5-11-9;/h3-4,6,11H,1-2,5H2;1H. The zero-order valence-electron chi connectivity index (χ0n) is 7.86. The van der Waals surface area contributed by atoms with Crippen molar-refractivity contribution in [3.8, 4) is 0 Å². The van der Waals surface area contributed by atoms with Gasteiger partial charge in [0.05, 0.1) is 4.90 Å². The van der Waals surface area contributed by atoms with Gasteiger partial charge in [-0.2, -0.15) is 8.42 Å². The van der Waals surface area contributed by atoms with Crippen molar-refractivity contribution in [1.82, 2.24) is 0 Å². The lowest BCUT2D eigenvalue weighted by atomic mass is 10.0. The third kappa shape index (κ3) is 2.60. The number of hydrogen-bond donors (Lipinski definition) is 1. The summed E-state index contributed by atoms with van der Waals surface area (Å²) < 4.78 is 33.9. The second kappa shape index (κ2) is 4.37. The molecule has 6 heteroatoms. The molecule has 0 aliphatic carbocycles. The van der Waals surface area contributed by atoms with E-state index in [1.165, 1.54) is 12.1 Å². The van der Waals surface area contributed by atoms with Crippen LogP contribution in [0.2, 0.25) is 0 Å². The van der Waals surface area contributed by atoms with E-state index in [0.29, 0.717) is 0 Å². The molecule has 3 nitrogen and oxygen atoms in total. The summed E-state index contributed by atoms with van der Waals surface area (Å²) in [4.78, 5) is -0.250. The fraction of sp³-hybridized carbons (Fsp3) is 0.333. The van der Waals surface area contributed by atoms with E-state index in [1.807, 2.05) is 0 Å². The molecule has 0 bridgehead atoms. The van der Waals surface area contributed by atoms with Crippen molar-refractivity contribution in [1.29, 1.82) is 0 Å². The van der Waals surface area contributed by atoms with Crippen LogP contribution >= 0.6 is 12.4 Å². The maximum absolute atomic E-state index is 12.6. The molecule has 1 aromatic rings. The molecule has 0 fully saturated rings. The summed E-state index contributed by atoms with van der Waals surface area (Å²) >= 11 is 0. The summed E-state index contributed by atoms with van der Waals surface area (Å²) in [6.45, 7) is 0.884. The van der Waals surface area contributed by atoms with Crippen LogP contribution in [0.4, 0.5) is 9.57 Å². The molecule has 0 atom stereocenters. The van der Waals surface area contributed by atoms with Gasteiger partial charge >= 0.3 is 10.2 Å². The number of hydrogen-bond acceptors (Lipinski definition) is 3. The second-order valence-electron chi connectivity index (χ2n) is 3.29. The Morgan fingerprint density at radius 1 is 1.33 bits per heavy atom. The molecule has 1 aliphatic rings. The first kappa shape index (κ1) is 12.3. The van der Waals surface area contributed by atoms with E-state index in [0.717, 1.165) is 30.6 Å². The van der Waals surface area contributed by atoms with E-state index in [2.05, 4.69) is 5.32 Å². The van der Waals surface area contributed by atoms with E-state index in [1.54, 1.807) is 6.07 Å². The maximum Gasteiger partial charge on any atom is 0.332 e. The minimum atomic E-state index is -4.56. The maximum atomic E-state index is 12.6. The van der Waals surface area contributed by atoms with E-state index < -0.39 is 10.2 Å². The number of nitrogens with one attached hydrogen (secondary N) is 1. The molecule has 0 radical (unpaired) electrons. The van der Waals surface area contributed by atoms with E-state index in [4.69, 9.17) is 0 Å². The molecule has 0 saturated heterocycles. The third-order valence-corrected chi connectivity index (χ3v) is 3.11. The van der Waals surface area contributed by atoms with Crippen molar-refractivity contribution in [3.05, 3.63) is 23.8 Å². The molecule has 1 N–H and O–H groups in total. The van der Waals surface area contributed by atoms with Gasteiger partial charge in [-0.1, -0.05) is 0 Å². The fourth-order valence-corrected chi connectivity index (χ4v) is 2.12. The van der Waals surface area contributed by atoms with Crippen LogP contribution in [-0.2, 0) is 16.6 Å². The zero-order valence-corrected chi connectivity index (χ0v) is 9.50. The minimum absolute atomic E-state index is 0. The molecule has 84 valence electrons.